The van der Waals surface area contributed by atoms with E-state index in [1.807, 2.05) is 19.1 Å². The summed E-state index contributed by atoms with van der Waals surface area (Å²) in [7, 11) is 0. The molecule has 3 N–H and O–H groups in total. The summed E-state index contributed by atoms with van der Waals surface area (Å²) >= 11 is 4.99. The number of carbonyl (C=O) groups excluding carboxylic acids is 1. The Morgan fingerprint density at radius 1 is 1.59 bits per heavy atom. The molecule has 0 aromatic carbocycles. The Hall–Kier alpha value is -1.36. The maximum Gasteiger partial charge on any atom is 0.233 e. The molecular formula is C12H16N2O2S. The Labute approximate surface area is 106 Å². The Morgan fingerprint density at radius 3 is 2.71 bits per heavy atom. The van der Waals surface area contributed by atoms with Gasteiger partial charge >= 0.3 is 0 Å². The van der Waals surface area contributed by atoms with Gasteiger partial charge in [0.15, 0.2) is 0 Å². The molecule has 1 fully saturated rings. The highest BCUT2D eigenvalue weighted by atomic mass is 32.1. The van der Waals surface area contributed by atoms with Gasteiger partial charge in [-0.3, -0.25) is 4.79 Å². The molecule has 1 saturated carbocycles. The Bertz CT molecular complexity index is 449. The minimum atomic E-state index is -0.614. The number of nitrogens with one attached hydrogen (secondary N) is 1. The fourth-order valence-corrected chi connectivity index (χ4v) is 2.33. The summed E-state index contributed by atoms with van der Waals surface area (Å²) in [6.45, 7) is 2.25. The minimum absolute atomic E-state index is 0.0784. The summed E-state index contributed by atoms with van der Waals surface area (Å²) in [5.41, 5.74) is 5.04. The first-order valence-corrected chi connectivity index (χ1v) is 6.09. The number of nitrogens with two attached hydrogens (primary N) is 1. The summed E-state index contributed by atoms with van der Waals surface area (Å²) in [6.07, 6.45) is 2.52. The van der Waals surface area contributed by atoms with Gasteiger partial charge in [0.25, 0.3) is 0 Å². The molecule has 4 nitrogen and oxygen atoms in total. The molecule has 5 heteroatoms. The quantitative estimate of drug-likeness (QED) is 0.800. The molecule has 17 heavy (non-hydrogen) atoms. The van der Waals surface area contributed by atoms with Crippen molar-refractivity contribution in [1.29, 1.82) is 0 Å². The van der Waals surface area contributed by atoms with Crippen LogP contribution < -0.4 is 11.1 Å². The van der Waals surface area contributed by atoms with E-state index in [2.05, 4.69) is 5.32 Å². The van der Waals surface area contributed by atoms with Gasteiger partial charge < -0.3 is 15.5 Å². The Kier molecular flexibility index (Phi) is 3.19. The smallest absolute Gasteiger partial charge is 0.233 e. The number of furan rings is 1. The molecule has 0 radical (unpaired) electrons. The van der Waals surface area contributed by atoms with Crippen LogP contribution in [0.15, 0.2) is 16.5 Å². The number of amides is 1. The molecule has 2 rings (SSSR count). The van der Waals surface area contributed by atoms with Crippen LogP contribution in [0.25, 0.3) is 0 Å². The molecule has 1 amide bonds. The SMILES string of the molecule is Cc1ccc(CNC(=O)C2(C(N)=S)CCC2)o1. The lowest BCUT2D eigenvalue weighted by molar-refractivity contribution is -0.131. The van der Waals surface area contributed by atoms with E-state index in [0.29, 0.717) is 11.5 Å². The van der Waals surface area contributed by atoms with Crippen molar-refractivity contribution in [3.8, 4) is 0 Å². The van der Waals surface area contributed by atoms with Crippen LogP contribution in [0.1, 0.15) is 30.8 Å². The summed E-state index contributed by atoms with van der Waals surface area (Å²) in [5, 5.41) is 2.84. The molecule has 0 atom stereocenters. The largest absolute Gasteiger partial charge is 0.465 e. The third-order valence-corrected chi connectivity index (χ3v) is 3.72. The molecule has 0 saturated heterocycles. The lowest BCUT2D eigenvalue weighted by Gasteiger charge is -2.38. The second kappa shape index (κ2) is 4.49. The van der Waals surface area contributed by atoms with Crippen LogP contribution in [0.2, 0.25) is 0 Å². The molecule has 1 aliphatic carbocycles. The van der Waals surface area contributed by atoms with E-state index < -0.39 is 5.41 Å². The lowest BCUT2D eigenvalue weighted by Crippen LogP contribution is -2.52. The number of hydrogen-bond acceptors (Lipinski definition) is 3. The zero-order valence-corrected chi connectivity index (χ0v) is 10.6. The van der Waals surface area contributed by atoms with Gasteiger partial charge in [0.05, 0.1) is 16.9 Å². The standard InChI is InChI=1S/C12H16N2O2S/c1-8-3-4-9(16-8)7-14-11(15)12(10(13)17)5-2-6-12/h3-4H,2,5-7H2,1H3,(H2,13,17)(H,14,15). The molecule has 1 heterocycles. The highest BCUT2D eigenvalue weighted by Crippen LogP contribution is 2.41. The fourth-order valence-electron chi connectivity index (χ4n) is 2.03. The first-order valence-electron chi connectivity index (χ1n) is 5.68. The number of carbonyl (C=O) groups is 1. The van der Waals surface area contributed by atoms with E-state index in [9.17, 15) is 4.79 Å². The summed E-state index contributed by atoms with van der Waals surface area (Å²) in [6, 6.07) is 3.72. The van der Waals surface area contributed by atoms with Gasteiger partial charge in [-0.25, -0.2) is 0 Å². The molecule has 0 unspecified atom stereocenters. The fraction of sp³-hybridized carbons (Fsp3) is 0.500. The minimum Gasteiger partial charge on any atom is -0.465 e. The monoisotopic (exact) mass is 252 g/mol. The molecule has 92 valence electrons. The van der Waals surface area contributed by atoms with Crippen LogP contribution >= 0.6 is 12.2 Å². The first kappa shape index (κ1) is 12.1. The van der Waals surface area contributed by atoms with Crippen molar-refractivity contribution in [2.45, 2.75) is 32.7 Å². The van der Waals surface area contributed by atoms with Gasteiger partial charge in [0, 0.05) is 0 Å². The van der Waals surface area contributed by atoms with Gasteiger partial charge in [-0.2, -0.15) is 0 Å². The van der Waals surface area contributed by atoms with E-state index in [1.165, 1.54) is 0 Å². The molecule has 1 aliphatic rings. The van der Waals surface area contributed by atoms with E-state index in [-0.39, 0.29) is 5.91 Å². The lowest BCUT2D eigenvalue weighted by atomic mass is 9.68. The zero-order valence-electron chi connectivity index (χ0n) is 9.79. The van der Waals surface area contributed by atoms with E-state index in [1.54, 1.807) is 0 Å². The molecule has 0 aliphatic heterocycles. The van der Waals surface area contributed by atoms with Gasteiger partial charge in [-0.15, -0.1) is 0 Å². The Balaban J connectivity index is 1.95. The maximum absolute atomic E-state index is 12.0. The summed E-state index contributed by atoms with van der Waals surface area (Å²) < 4.78 is 5.38. The van der Waals surface area contributed by atoms with Crippen LogP contribution in [0.3, 0.4) is 0 Å². The van der Waals surface area contributed by atoms with Crippen LogP contribution in [0.4, 0.5) is 0 Å². The second-order valence-electron chi connectivity index (χ2n) is 4.49. The maximum atomic E-state index is 12.0. The number of thiocarbonyl (C=S) groups is 1. The number of rotatable bonds is 4. The van der Waals surface area contributed by atoms with Crippen LogP contribution in [0.5, 0.6) is 0 Å². The third-order valence-electron chi connectivity index (χ3n) is 3.33. The third kappa shape index (κ3) is 2.20. The number of aryl methyl sites for hydroxylation is 1. The van der Waals surface area contributed by atoms with Crippen LogP contribution in [0, 0.1) is 12.3 Å². The normalized spacial score (nSPS) is 17.2. The van der Waals surface area contributed by atoms with Crippen molar-refractivity contribution in [2.75, 3.05) is 0 Å². The highest BCUT2D eigenvalue weighted by molar-refractivity contribution is 7.80. The highest BCUT2D eigenvalue weighted by Gasteiger charge is 2.46. The van der Waals surface area contributed by atoms with Crippen molar-refractivity contribution in [3.05, 3.63) is 23.7 Å². The van der Waals surface area contributed by atoms with Gasteiger partial charge in [0.2, 0.25) is 5.91 Å². The van der Waals surface area contributed by atoms with Crippen LogP contribution in [-0.4, -0.2) is 10.9 Å². The molecule has 0 bridgehead atoms. The van der Waals surface area contributed by atoms with Crippen molar-refractivity contribution in [2.24, 2.45) is 11.1 Å². The molecule has 1 aromatic rings. The average Bonchev–Trinajstić information content (AvgIpc) is 2.59. The van der Waals surface area contributed by atoms with E-state index >= 15 is 0 Å². The van der Waals surface area contributed by atoms with Gasteiger partial charge in [-0.1, -0.05) is 18.6 Å². The number of hydrogen-bond donors (Lipinski definition) is 2. The van der Waals surface area contributed by atoms with Crippen molar-refractivity contribution in [3.63, 3.8) is 0 Å². The second-order valence-corrected chi connectivity index (χ2v) is 4.93. The average molecular weight is 252 g/mol. The van der Waals surface area contributed by atoms with E-state index in [4.69, 9.17) is 22.4 Å². The molecular weight excluding hydrogens is 236 g/mol. The predicted molar refractivity (Wildman–Crippen MR) is 68.4 cm³/mol. The summed E-state index contributed by atoms with van der Waals surface area (Å²) in [5.74, 6) is 1.50. The predicted octanol–water partition coefficient (Wildman–Crippen LogP) is 1.66. The Morgan fingerprint density at radius 2 is 2.29 bits per heavy atom. The molecule has 1 aromatic heterocycles. The zero-order chi connectivity index (χ0) is 12.5. The van der Waals surface area contributed by atoms with Crippen LogP contribution in [-0.2, 0) is 11.3 Å². The topological polar surface area (TPSA) is 68.3 Å². The van der Waals surface area contributed by atoms with Crippen molar-refractivity contribution < 1.29 is 9.21 Å². The summed E-state index contributed by atoms with van der Waals surface area (Å²) in [4.78, 5) is 12.4. The van der Waals surface area contributed by atoms with Gasteiger partial charge in [-0.05, 0) is 31.9 Å². The first-order chi connectivity index (χ1) is 8.04. The van der Waals surface area contributed by atoms with Crippen molar-refractivity contribution >= 4 is 23.1 Å². The van der Waals surface area contributed by atoms with E-state index in [0.717, 1.165) is 30.8 Å². The van der Waals surface area contributed by atoms with Gasteiger partial charge in [0.1, 0.15) is 11.5 Å². The van der Waals surface area contributed by atoms with Crippen molar-refractivity contribution in [1.82, 2.24) is 5.32 Å². The molecule has 0 spiro atoms.